The molecular formula is C32H59BN6O8S. The molecule has 2 aliphatic heterocycles. The summed E-state index contributed by atoms with van der Waals surface area (Å²) in [6.45, 7) is 13.4. The van der Waals surface area contributed by atoms with Crippen molar-refractivity contribution in [2.45, 2.75) is 149 Å². The molecule has 2 bridgehead atoms. The molecule has 274 valence electrons. The van der Waals surface area contributed by atoms with Gasteiger partial charge in [-0.05, 0) is 80.3 Å². The maximum atomic E-state index is 13.8. The molecule has 2 amide bonds. The summed E-state index contributed by atoms with van der Waals surface area (Å²) in [6.07, 6.45) is 8.27. The molecule has 3 aliphatic carbocycles. The van der Waals surface area contributed by atoms with E-state index < -0.39 is 57.7 Å². The maximum Gasteiger partial charge on any atom is 0.481 e. The third kappa shape index (κ3) is 9.82. The number of unbranched alkanes of at least 4 members (excludes halogenated alkanes) is 5. The second kappa shape index (κ2) is 16.3. The molecule has 16 heteroatoms. The van der Waals surface area contributed by atoms with Gasteiger partial charge >= 0.3 is 7.12 Å². The lowest BCUT2D eigenvalue weighted by molar-refractivity contribution is -0.627. The molecule has 3 saturated carbocycles. The monoisotopic (exact) mass is 698 g/mol. The van der Waals surface area contributed by atoms with E-state index in [1.54, 1.807) is 0 Å². The number of nitrogens with one attached hydrogen (secondary N) is 4. The highest BCUT2D eigenvalue weighted by atomic mass is 32.2. The normalized spacial score (nSPS) is 28.4. The molecule has 0 aromatic heterocycles. The van der Waals surface area contributed by atoms with Gasteiger partial charge in [0.25, 0.3) is 0 Å². The fourth-order valence-electron chi connectivity index (χ4n) is 8.00. The lowest BCUT2D eigenvalue weighted by Gasteiger charge is -2.64. The number of sulfone groups is 1. The van der Waals surface area contributed by atoms with Crippen LogP contribution in [-0.4, -0.2) is 85.5 Å². The van der Waals surface area contributed by atoms with Crippen molar-refractivity contribution < 1.29 is 32.3 Å². The Morgan fingerprint density at radius 1 is 1.06 bits per heavy atom. The number of hydrogen-bond acceptors (Lipinski definition) is 10. The summed E-state index contributed by atoms with van der Waals surface area (Å²) < 4.78 is 38.5. The lowest BCUT2D eigenvalue weighted by Crippen LogP contribution is -2.65. The van der Waals surface area contributed by atoms with Gasteiger partial charge in [-0.25, -0.2) is 18.5 Å². The van der Waals surface area contributed by atoms with Crippen molar-refractivity contribution in [2.75, 3.05) is 18.1 Å². The average Bonchev–Trinajstić information content (AvgIpc) is 3.70. The van der Waals surface area contributed by atoms with Crippen molar-refractivity contribution in [3.63, 3.8) is 0 Å². The minimum atomic E-state index is -3.40. The third-order valence-electron chi connectivity index (χ3n) is 11.1. The maximum absolute atomic E-state index is 13.8. The highest BCUT2D eigenvalue weighted by Gasteiger charge is 2.68. The van der Waals surface area contributed by atoms with Crippen LogP contribution < -0.4 is 21.4 Å². The van der Waals surface area contributed by atoms with E-state index in [-0.39, 0.29) is 41.8 Å². The van der Waals surface area contributed by atoms with E-state index in [1.165, 1.54) is 0 Å². The van der Waals surface area contributed by atoms with Crippen LogP contribution >= 0.6 is 0 Å². The second-order valence-corrected chi connectivity index (χ2v) is 17.9. The van der Waals surface area contributed by atoms with E-state index in [9.17, 15) is 28.1 Å². The van der Waals surface area contributed by atoms with Crippen molar-refractivity contribution in [1.82, 2.24) is 26.5 Å². The number of amides is 2. The molecule has 2 heterocycles. The fourth-order valence-corrected chi connectivity index (χ4v) is 9.34. The molecule has 5 rings (SSSR count). The first-order valence-electron chi connectivity index (χ1n) is 18.1. The summed E-state index contributed by atoms with van der Waals surface area (Å²) in [5.41, 5.74) is 2.32. The molecule has 0 aromatic carbocycles. The minimum absolute atomic E-state index is 0.0412. The van der Waals surface area contributed by atoms with Crippen LogP contribution in [0.1, 0.15) is 119 Å². The Morgan fingerprint density at radius 2 is 1.77 bits per heavy atom. The standard InChI is InChI=1S/C32H59BN6O8S/c1-7-8-9-10-11-12-17-48(44,45)18-15-28(40)35-24(14-13-16-34-30-37-38(30)39(42)43)29(41)36-27(19-22(2)3)33-46-26-21-23-20-25(31(23,4)5)32(26,6)47-33/h22-27,30,34,37H,7-21H2,1-6H3,(H,35,40)(H,36,41)/t23-,24-,25-,26+,27-,30?,32-,38?/m0/s1. The topological polar surface area (TPSA) is 191 Å². The molecule has 0 radical (unpaired) electrons. The van der Waals surface area contributed by atoms with Crippen molar-refractivity contribution in [3.8, 4) is 0 Å². The fraction of sp³-hybridized carbons (Fsp3) is 0.938. The number of nitro groups is 1. The Hall–Kier alpha value is -2.01. The Labute approximate surface area is 287 Å². The van der Waals surface area contributed by atoms with Crippen LogP contribution in [0.25, 0.3) is 0 Å². The van der Waals surface area contributed by atoms with Crippen LogP contribution in [0.5, 0.6) is 0 Å². The van der Waals surface area contributed by atoms with E-state index in [1.807, 2.05) is 0 Å². The van der Waals surface area contributed by atoms with E-state index in [2.05, 4.69) is 62.9 Å². The van der Waals surface area contributed by atoms with Gasteiger partial charge in [0.05, 0.1) is 29.2 Å². The van der Waals surface area contributed by atoms with Crippen molar-refractivity contribution in [3.05, 3.63) is 10.1 Å². The van der Waals surface area contributed by atoms with Gasteiger partial charge in [-0.2, -0.15) is 0 Å². The highest BCUT2D eigenvalue weighted by molar-refractivity contribution is 7.91. The van der Waals surface area contributed by atoms with Gasteiger partial charge in [0, 0.05) is 6.42 Å². The molecule has 2 saturated heterocycles. The van der Waals surface area contributed by atoms with Gasteiger partial charge in [-0.1, -0.05) is 66.7 Å². The van der Waals surface area contributed by atoms with Crippen LogP contribution in [0.2, 0.25) is 0 Å². The van der Waals surface area contributed by atoms with Gasteiger partial charge in [-0.15, -0.1) is 5.43 Å². The summed E-state index contributed by atoms with van der Waals surface area (Å²) in [6, 6.07) is -0.931. The van der Waals surface area contributed by atoms with Gasteiger partial charge in [0.15, 0.2) is 14.9 Å². The number of hydrogen-bond donors (Lipinski definition) is 4. The van der Waals surface area contributed by atoms with Crippen molar-refractivity contribution in [1.29, 1.82) is 0 Å². The Bertz CT molecular complexity index is 1240. The zero-order valence-electron chi connectivity index (χ0n) is 29.8. The largest absolute Gasteiger partial charge is 0.481 e. The second-order valence-electron chi connectivity index (χ2n) is 15.6. The third-order valence-corrected chi connectivity index (χ3v) is 12.8. The van der Waals surface area contributed by atoms with Gasteiger partial charge in [0.1, 0.15) is 6.04 Å². The van der Waals surface area contributed by atoms with Crippen LogP contribution in [0.4, 0.5) is 0 Å². The predicted octanol–water partition coefficient (Wildman–Crippen LogP) is 3.10. The zero-order valence-corrected chi connectivity index (χ0v) is 30.6. The molecule has 4 N–H and O–H groups in total. The molecule has 14 nitrogen and oxygen atoms in total. The van der Waals surface area contributed by atoms with Crippen molar-refractivity contribution >= 4 is 28.8 Å². The first-order valence-corrected chi connectivity index (χ1v) is 20.0. The van der Waals surface area contributed by atoms with Gasteiger partial charge in [0.2, 0.25) is 18.1 Å². The van der Waals surface area contributed by atoms with Crippen LogP contribution in [0.15, 0.2) is 0 Å². The van der Waals surface area contributed by atoms with Gasteiger partial charge in [-0.3, -0.25) is 14.9 Å². The number of rotatable bonds is 22. The van der Waals surface area contributed by atoms with E-state index in [4.69, 9.17) is 9.31 Å². The first kappa shape index (κ1) is 38.8. The summed E-state index contributed by atoms with van der Waals surface area (Å²) in [5.74, 6) is -0.371. The van der Waals surface area contributed by atoms with Gasteiger partial charge < -0.3 is 19.9 Å². The first-order chi connectivity index (χ1) is 22.6. The summed E-state index contributed by atoms with van der Waals surface area (Å²) in [5, 5.41) is 20.0. The Kier molecular flexibility index (Phi) is 13.2. The average molecular weight is 699 g/mol. The molecule has 5 aliphatic rings. The van der Waals surface area contributed by atoms with E-state index >= 15 is 0 Å². The molecule has 7 atom stereocenters. The van der Waals surface area contributed by atoms with Crippen LogP contribution in [-0.2, 0) is 28.7 Å². The Balaban J connectivity index is 1.35. The molecule has 48 heavy (non-hydrogen) atoms. The molecular weight excluding hydrogens is 639 g/mol. The van der Waals surface area contributed by atoms with Crippen molar-refractivity contribution in [2.24, 2.45) is 23.2 Å². The van der Waals surface area contributed by atoms with Crippen LogP contribution in [0, 0.1) is 33.3 Å². The molecule has 1 unspecified atom stereocenters. The minimum Gasteiger partial charge on any atom is -0.404 e. The number of carbonyl (C=O) groups is 2. The molecule has 5 fully saturated rings. The number of carbonyl (C=O) groups excluding carboxylic acids is 2. The number of hydrazine groups is 2. The number of nitrogens with zero attached hydrogens (tertiary/aromatic N) is 2. The predicted molar refractivity (Wildman–Crippen MR) is 183 cm³/mol. The highest BCUT2D eigenvalue weighted by Crippen LogP contribution is 2.65. The van der Waals surface area contributed by atoms with E-state index in [0.717, 1.165) is 50.1 Å². The molecule has 0 aromatic rings. The summed E-state index contributed by atoms with van der Waals surface area (Å²) in [4.78, 5) is 37.8. The summed E-state index contributed by atoms with van der Waals surface area (Å²) in [7, 11) is -4.03. The SMILES string of the molecule is CCCCCCCCS(=O)(=O)CCC(=O)N[C@@H](CCCNC1NN1[N+](=O)[O-])C(=O)N[C@@H](CC(C)C)B1O[C@@H]2C[C@@H]3C[C@@H](C3(C)C)[C@]2(C)O1. The van der Waals surface area contributed by atoms with Crippen LogP contribution in [0.3, 0.4) is 0 Å². The quantitative estimate of drug-likeness (QED) is 0.0427. The Morgan fingerprint density at radius 3 is 2.42 bits per heavy atom. The zero-order chi connectivity index (χ0) is 35.3. The lowest BCUT2D eigenvalue weighted by atomic mass is 9.43. The molecule has 0 spiro atoms. The summed E-state index contributed by atoms with van der Waals surface area (Å²) >= 11 is 0. The smallest absolute Gasteiger partial charge is 0.404 e. The van der Waals surface area contributed by atoms with E-state index in [0.29, 0.717) is 37.6 Å².